The number of aliphatic hydroxyl groups excluding tert-OH is 1. The van der Waals surface area contributed by atoms with Crippen LogP contribution in [0.2, 0.25) is 0 Å². The van der Waals surface area contributed by atoms with Gasteiger partial charge in [-0.2, -0.15) is 0 Å². The van der Waals surface area contributed by atoms with Crippen LogP contribution in [0.1, 0.15) is 29.1 Å². The molecule has 3 aromatic rings. The number of esters is 1. The van der Waals surface area contributed by atoms with Crippen LogP contribution in [0.25, 0.3) is 11.0 Å². The standard InChI is InChI=1S/C27H28N2O8/c1-15(30)36-20-13-16(9-10-18(20)34-4)23-22(25(32)27(33)29(23)12-11-28(2)3)24(31)21-14-17-7-6-8-19(35-5)26(17)37-21/h6-10,13-14,23,32H,11-12H2,1-5H3. The fraction of sp³-hybridized carbons (Fsp3) is 0.296. The lowest BCUT2D eigenvalue weighted by Crippen LogP contribution is -2.36. The minimum atomic E-state index is -0.963. The van der Waals surface area contributed by atoms with Gasteiger partial charge in [-0.05, 0) is 43.9 Å². The number of Topliss-reactive ketones (excluding diaryl/α,β-unsaturated/α-hetero) is 1. The molecule has 1 N–H and O–H groups in total. The summed E-state index contributed by atoms with van der Waals surface area (Å²) < 4.78 is 21.7. The van der Waals surface area contributed by atoms with E-state index >= 15 is 0 Å². The van der Waals surface area contributed by atoms with Crippen LogP contribution in [-0.4, -0.2) is 74.0 Å². The quantitative estimate of drug-likeness (QED) is 0.263. The molecule has 1 aliphatic heterocycles. The molecule has 0 spiro atoms. The second-order valence-electron chi connectivity index (χ2n) is 8.79. The molecular formula is C27H28N2O8. The van der Waals surface area contributed by atoms with Crippen molar-refractivity contribution in [2.75, 3.05) is 41.4 Å². The summed E-state index contributed by atoms with van der Waals surface area (Å²) in [6.07, 6.45) is 0. The van der Waals surface area contributed by atoms with E-state index in [1.54, 1.807) is 36.4 Å². The van der Waals surface area contributed by atoms with Gasteiger partial charge in [-0.15, -0.1) is 0 Å². The molecule has 194 valence electrons. The van der Waals surface area contributed by atoms with Crippen molar-refractivity contribution in [2.45, 2.75) is 13.0 Å². The number of para-hydroxylation sites is 1. The Labute approximate surface area is 213 Å². The largest absolute Gasteiger partial charge is 0.503 e. The molecule has 1 atom stereocenters. The van der Waals surface area contributed by atoms with E-state index in [0.717, 1.165) is 0 Å². The average Bonchev–Trinajstić information content (AvgIpc) is 3.41. The number of amides is 1. The lowest BCUT2D eigenvalue weighted by Gasteiger charge is -2.28. The summed E-state index contributed by atoms with van der Waals surface area (Å²) in [5.41, 5.74) is 0.686. The number of hydrogen-bond donors (Lipinski definition) is 1. The summed E-state index contributed by atoms with van der Waals surface area (Å²) in [6, 6.07) is 10.6. The highest BCUT2D eigenvalue weighted by Gasteiger charge is 2.44. The van der Waals surface area contributed by atoms with Crippen LogP contribution < -0.4 is 14.2 Å². The van der Waals surface area contributed by atoms with Gasteiger partial charge in [-0.25, -0.2) is 0 Å². The SMILES string of the molecule is COc1ccc(C2C(C(=O)c3cc4cccc(OC)c4o3)=C(O)C(=O)N2CCN(C)C)cc1OC(C)=O. The number of ether oxygens (including phenoxy) is 3. The van der Waals surface area contributed by atoms with Crippen LogP contribution in [0.15, 0.2) is 58.2 Å². The second kappa shape index (κ2) is 10.4. The van der Waals surface area contributed by atoms with Gasteiger partial charge in [0.25, 0.3) is 5.91 Å². The maximum atomic E-state index is 13.8. The Balaban J connectivity index is 1.84. The van der Waals surface area contributed by atoms with E-state index in [1.165, 1.54) is 32.1 Å². The van der Waals surface area contributed by atoms with Gasteiger partial charge in [0.1, 0.15) is 0 Å². The minimum Gasteiger partial charge on any atom is -0.503 e. The Kier molecular flexibility index (Phi) is 7.21. The molecule has 1 unspecified atom stereocenters. The molecule has 1 aromatic heterocycles. The summed E-state index contributed by atoms with van der Waals surface area (Å²) in [7, 11) is 6.62. The number of aliphatic hydroxyl groups is 1. The molecule has 2 aromatic carbocycles. The van der Waals surface area contributed by atoms with Crippen molar-refractivity contribution in [3.8, 4) is 17.2 Å². The first-order valence-electron chi connectivity index (χ1n) is 11.5. The van der Waals surface area contributed by atoms with Crippen molar-refractivity contribution in [2.24, 2.45) is 0 Å². The number of likely N-dealkylation sites (N-methyl/N-ethyl adjacent to an activating group) is 1. The summed E-state index contributed by atoms with van der Waals surface area (Å²) >= 11 is 0. The summed E-state index contributed by atoms with van der Waals surface area (Å²) in [4.78, 5) is 41.9. The smallest absolute Gasteiger partial charge is 0.308 e. The molecule has 0 saturated heterocycles. The highest BCUT2D eigenvalue weighted by Crippen LogP contribution is 2.42. The van der Waals surface area contributed by atoms with Crippen LogP contribution in [0, 0.1) is 0 Å². The van der Waals surface area contributed by atoms with Gasteiger partial charge in [0.15, 0.2) is 34.4 Å². The molecule has 0 radical (unpaired) electrons. The molecule has 0 aliphatic carbocycles. The van der Waals surface area contributed by atoms with Crippen molar-refractivity contribution >= 4 is 28.6 Å². The van der Waals surface area contributed by atoms with E-state index in [-0.39, 0.29) is 23.6 Å². The number of hydrogen-bond acceptors (Lipinski definition) is 9. The number of fused-ring (bicyclic) bond motifs is 1. The van der Waals surface area contributed by atoms with E-state index in [2.05, 4.69) is 0 Å². The third-order valence-electron chi connectivity index (χ3n) is 6.05. The first kappa shape index (κ1) is 25.8. The number of nitrogens with zero attached hydrogens (tertiary/aromatic N) is 2. The fourth-order valence-corrected chi connectivity index (χ4v) is 4.31. The maximum absolute atomic E-state index is 13.8. The number of rotatable bonds is 9. The van der Waals surface area contributed by atoms with Crippen LogP contribution in [0.5, 0.6) is 17.2 Å². The number of furan rings is 1. The van der Waals surface area contributed by atoms with E-state index in [9.17, 15) is 19.5 Å². The van der Waals surface area contributed by atoms with Gasteiger partial charge in [0.05, 0.1) is 25.8 Å². The maximum Gasteiger partial charge on any atom is 0.308 e. The van der Waals surface area contributed by atoms with E-state index in [0.29, 0.717) is 34.6 Å². The lowest BCUT2D eigenvalue weighted by molar-refractivity contribution is -0.132. The third-order valence-corrected chi connectivity index (χ3v) is 6.05. The molecule has 2 heterocycles. The summed E-state index contributed by atoms with van der Waals surface area (Å²) in [5, 5.41) is 11.6. The Bertz CT molecular complexity index is 1400. The van der Waals surface area contributed by atoms with Gasteiger partial charge in [-0.1, -0.05) is 18.2 Å². The molecule has 37 heavy (non-hydrogen) atoms. The Morgan fingerprint density at radius 2 is 1.78 bits per heavy atom. The zero-order valence-corrected chi connectivity index (χ0v) is 21.2. The number of carbonyl (C=O) groups is 3. The molecule has 0 fully saturated rings. The highest BCUT2D eigenvalue weighted by molar-refractivity contribution is 6.16. The summed E-state index contributed by atoms with van der Waals surface area (Å²) in [6.45, 7) is 1.96. The van der Waals surface area contributed by atoms with Crippen LogP contribution in [-0.2, 0) is 9.59 Å². The van der Waals surface area contributed by atoms with Crippen LogP contribution >= 0.6 is 0 Å². The van der Waals surface area contributed by atoms with E-state index in [4.69, 9.17) is 18.6 Å². The Morgan fingerprint density at radius 1 is 1.05 bits per heavy atom. The first-order valence-corrected chi connectivity index (χ1v) is 11.5. The number of methoxy groups -OCH3 is 2. The van der Waals surface area contributed by atoms with Gasteiger partial charge in [0, 0.05) is 25.4 Å². The molecule has 1 aliphatic rings. The van der Waals surface area contributed by atoms with Crippen molar-refractivity contribution < 1.29 is 38.1 Å². The molecule has 0 saturated carbocycles. The van der Waals surface area contributed by atoms with Crippen molar-refractivity contribution in [3.05, 3.63) is 65.1 Å². The normalized spacial score (nSPS) is 15.6. The summed E-state index contributed by atoms with van der Waals surface area (Å²) in [5.74, 6) is -1.74. The minimum absolute atomic E-state index is 0.0537. The van der Waals surface area contributed by atoms with Gasteiger partial charge in [0.2, 0.25) is 5.78 Å². The Morgan fingerprint density at radius 3 is 2.43 bits per heavy atom. The van der Waals surface area contributed by atoms with Gasteiger partial charge >= 0.3 is 5.97 Å². The number of carbonyl (C=O) groups excluding carboxylic acids is 3. The Hall–Kier alpha value is -4.31. The van der Waals surface area contributed by atoms with Crippen molar-refractivity contribution in [1.82, 2.24) is 9.80 Å². The first-order chi connectivity index (χ1) is 17.7. The second-order valence-corrected chi connectivity index (χ2v) is 8.79. The molecule has 10 nitrogen and oxygen atoms in total. The van der Waals surface area contributed by atoms with Crippen LogP contribution in [0.3, 0.4) is 0 Å². The van der Waals surface area contributed by atoms with E-state index in [1.807, 2.05) is 19.0 Å². The van der Waals surface area contributed by atoms with Crippen LogP contribution in [0.4, 0.5) is 0 Å². The van der Waals surface area contributed by atoms with Crippen molar-refractivity contribution in [1.29, 1.82) is 0 Å². The van der Waals surface area contributed by atoms with E-state index < -0.39 is 29.5 Å². The van der Waals surface area contributed by atoms with Gasteiger partial charge in [-0.3, -0.25) is 14.4 Å². The average molecular weight is 509 g/mol. The topological polar surface area (TPSA) is 119 Å². The molecule has 0 bridgehead atoms. The third kappa shape index (κ3) is 4.88. The fourth-order valence-electron chi connectivity index (χ4n) is 4.31. The lowest BCUT2D eigenvalue weighted by atomic mass is 9.94. The molecule has 4 rings (SSSR count). The van der Waals surface area contributed by atoms with Gasteiger partial charge < -0.3 is 33.5 Å². The highest BCUT2D eigenvalue weighted by atomic mass is 16.6. The molecule has 10 heteroatoms. The predicted octanol–water partition coefficient (Wildman–Crippen LogP) is 3.52. The molecule has 1 amide bonds. The van der Waals surface area contributed by atoms with Crippen molar-refractivity contribution in [3.63, 3.8) is 0 Å². The number of ketones is 1. The molecular weight excluding hydrogens is 480 g/mol. The zero-order valence-electron chi connectivity index (χ0n) is 21.2. The predicted molar refractivity (Wildman–Crippen MR) is 134 cm³/mol. The number of benzene rings is 2. The monoisotopic (exact) mass is 508 g/mol. The zero-order chi connectivity index (χ0) is 26.9.